The van der Waals surface area contributed by atoms with Crippen molar-refractivity contribution in [2.45, 2.75) is 12.8 Å². The molecule has 4 aromatic rings. The number of carbonyl (C=O) groups is 1. The number of nitro groups is 1. The molecular formula is C24H21N7O3. The van der Waals surface area contributed by atoms with Crippen LogP contribution in [0.25, 0.3) is 0 Å². The molecule has 4 rings (SSSR count). The maximum Gasteiger partial charge on any atom is 0.355 e. The maximum atomic E-state index is 13.2. The molecule has 0 fully saturated rings. The van der Waals surface area contributed by atoms with Crippen molar-refractivity contribution < 1.29 is 9.72 Å². The van der Waals surface area contributed by atoms with Crippen molar-refractivity contribution in [2.24, 2.45) is 0 Å². The number of pyridine rings is 1. The second kappa shape index (κ2) is 10.2. The van der Waals surface area contributed by atoms with Crippen LogP contribution < -0.4 is 16.2 Å². The highest BCUT2D eigenvalue weighted by atomic mass is 16.6. The summed E-state index contributed by atoms with van der Waals surface area (Å²) in [6.07, 6.45) is 2.74. The number of hydrogen-bond donors (Lipinski definition) is 3. The van der Waals surface area contributed by atoms with Crippen molar-refractivity contribution in [3.63, 3.8) is 0 Å². The Hall–Kier alpha value is -4.86. The predicted molar refractivity (Wildman–Crippen MR) is 127 cm³/mol. The molecule has 2 heterocycles. The monoisotopic (exact) mass is 455 g/mol. The van der Waals surface area contributed by atoms with E-state index in [4.69, 9.17) is 0 Å². The van der Waals surface area contributed by atoms with Gasteiger partial charge in [-0.2, -0.15) is 0 Å². The molecule has 0 aliphatic heterocycles. The normalized spacial score (nSPS) is 10.5. The van der Waals surface area contributed by atoms with Gasteiger partial charge in [0.1, 0.15) is 12.1 Å². The van der Waals surface area contributed by atoms with Crippen LogP contribution in [0.4, 0.5) is 23.1 Å². The highest BCUT2D eigenvalue weighted by molar-refractivity contribution is 5.88. The Morgan fingerprint density at radius 3 is 2.12 bits per heavy atom. The van der Waals surface area contributed by atoms with Gasteiger partial charge in [-0.25, -0.2) is 15.0 Å². The lowest BCUT2D eigenvalue weighted by Crippen LogP contribution is -2.35. The second-order valence-electron chi connectivity index (χ2n) is 7.39. The van der Waals surface area contributed by atoms with E-state index in [0.717, 1.165) is 23.0 Å². The average Bonchev–Trinajstić information content (AvgIpc) is 2.84. The lowest BCUT2D eigenvalue weighted by molar-refractivity contribution is -0.383. The first-order chi connectivity index (χ1) is 16.5. The van der Waals surface area contributed by atoms with Crippen LogP contribution in [0.5, 0.6) is 0 Å². The fourth-order valence-corrected chi connectivity index (χ4v) is 3.44. The number of rotatable bonds is 8. The van der Waals surface area contributed by atoms with E-state index < -0.39 is 22.4 Å². The third-order valence-electron chi connectivity index (χ3n) is 5.00. The van der Waals surface area contributed by atoms with E-state index in [1.165, 1.54) is 0 Å². The molecule has 0 radical (unpaired) electrons. The average molecular weight is 455 g/mol. The summed E-state index contributed by atoms with van der Waals surface area (Å²) in [5.41, 5.74) is 7.21. The summed E-state index contributed by atoms with van der Waals surface area (Å²) in [6.45, 7) is 1.87. The molecule has 0 spiro atoms. The largest absolute Gasteiger partial charge is 0.355 e. The quantitative estimate of drug-likeness (QED) is 0.267. The summed E-state index contributed by atoms with van der Waals surface area (Å²) in [7, 11) is 0. The van der Waals surface area contributed by atoms with Crippen molar-refractivity contribution in [3.05, 3.63) is 112 Å². The van der Waals surface area contributed by atoms with Gasteiger partial charge >= 0.3 is 5.69 Å². The number of nitrogens with zero attached hydrogens (tertiary/aromatic N) is 4. The lowest BCUT2D eigenvalue weighted by Gasteiger charge is -2.18. The number of nitrogens with one attached hydrogen (secondary N) is 3. The fraction of sp³-hybridized carbons (Fsp3) is 0.0833. The number of aromatic nitrogens is 3. The van der Waals surface area contributed by atoms with Gasteiger partial charge in [-0.3, -0.25) is 25.8 Å². The van der Waals surface area contributed by atoms with Crippen LogP contribution in [0.3, 0.4) is 0 Å². The molecule has 0 aliphatic carbocycles. The first-order valence-electron chi connectivity index (χ1n) is 10.4. The number of carbonyl (C=O) groups excluding carboxylic acids is 1. The van der Waals surface area contributed by atoms with Gasteiger partial charge in [0.05, 0.1) is 10.8 Å². The Balaban J connectivity index is 1.59. The predicted octanol–water partition coefficient (Wildman–Crippen LogP) is 4.11. The van der Waals surface area contributed by atoms with E-state index in [2.05, 4.69) is 31.1 Å². The molecule has 0 atom stereocenters. The third kappa shape index (κ3) is 5.13. The van der Waals surface area contributed by atoms with Crippen LogP contribution in [0.15, 0.2) is 85.3 Å². The first-order valence-corrected chi connectivity index (χ1v) is 10.4. The van der Waals surface area contributed by atoms with Crippen molar-refractivity contribution in [1.29, 1.82) is 0 Å². The van der Waals surface area contributed by atoms with Crippen molar-refractivity contribution in [3.8, 4) is 0 Å². The molecule has 0 unspecified atom stereocenters. The van der Waals surface area contributed by atoms with E-state index in [-0.39, 0.29) is 11.6 Å². The summed E-state index contributed by atoms with van der Waals surface area (Å²) >= 11 is 0. The molecule has 1 amide bonds. The topological polar surface area (TPSA) is 135 Å². The third-order valence-corrected chi connectivity index (χ3v) is 5.00. The minimum Gasteiger partial charge on any atom is -0.319 e. The number of aryl methyl sites for hydroxylation is 1. The summed E-state index contributed by atoms with van der Waals surface area (Å²) in [6, 6.07) is 22.0. The number of anilines is 3. The Kier molecular flexibility index (Phi) is 6.68. The molecule has 0 bridgehead atoms. The Morgan fingerprint density at radius 2 is 1.53 bits per heavy atom. The zero-order chi connectivity index (χ0) is 23.9. The Bertz CT molecular complexity index is 1260. The standard InChI is InChI=1S/C24H21N7O3/c1-16-12-13-25-19(14-16)28-22-21(31(33)34)23(27-15-26-22)29-30-24(32)20(17-8-4-2-5-9-17)18-10-6-3-7-11-18/h2-15,20H,1H3,(H,30,32)(H2,25,26,27,28,29). The van der Waals surface area contributed by atoms with Crippen molar-refractivity contribution in [2.75, 3.05) is 10.7 Å². The van der Waals surface area contributed by atoms with Gasteiger partial charge in [-0.1, -0.05) is 60.7 Å². The molecule has 2 aromatic heterocycles. The van der Waals surface area contributed by atoms with Crippen molar-refractivity contribution in [1.82, 2.24) is 20.4 Å². The van der Waals surface area contributed by atoms with Gasteiger partial charge in [0, 0.05) is 6.20 Å². The van der Waals surface area contributed by atoms with E-state index in [1.54, 1.807) is 18.3 Å². The van der Waals surface area contributed by atoms with Gasteiger partial charge in [0.15, 0.2) is 0 Å². The molecule has 0 aliphatic rings. The van der Waals surface area contributed by atoms with E-state index >= 15 is 0 Å². The highest BCUT2D eigenvalue weighted by Gasteiger charge is 2.26. The lowest BCUT2D eigenvalue weighted by atomic mass is 9.91. The smallest absolute Gasteiger partial charge is 0.319 e. The zero-order valence-corrected chi connectivity index (χ0v) is 18.2. The minimum absolute atomic E-state index is 0.0579. The molecule has 0 saturated heterocycles. The van der Waals surface area contributed by atoms with Crippen LogP contribution >= 0.6 is 0 Å². The van der Waals surface area contributed by atoms with E-state index in [0.29, 0.717) is 5.82 Å². The van der Waals surface area contributed by atoms with Crippen molar-refractivity contribution >= 4 is 29.0 Å². The van der Waals surface area contributed by atoms with Gasteiger partial charge < -0.3 is 5.32 Å². The summed E-state index contributed by atoms with van der Waals surface area (Å²) in [4.78, 5) is 36.5. The molecule has 2 aromatic carbocycles. The number of hydrogen-bond acceptors (Lipinski definition) is 8. The van der Waals surface area contributed by atoms with Crippen LogP contribution in [0.1, 0.15) is 22.6 Å². The maximum absolute atomic E-state index is 13.2. The number of benzene rings is 2. The van der Waals surface area contributed by atoms with Gasteiger partial charge in [0.2, 0.25) is 17.5 Å². The van der Waals surface area contributed by atoms with Crippen LogP contribution in [-0.2, 0) is 4.79 Å². The van der Waals surface area contributed by atoms with Gasteiger partial charge in [-0.05, 0) is 35.7 Å². The molecule has 10 nitrogen and oxygen atoms in total. The zero-order valence-electron chi connectivity index (χ0n) is 18.2. The fourth-order valence-electron chi connectivity index (χ4n) is 3.44. The molecule has 10 heteroatoms. The summed E-state index contributed by atoms with van der Waals surface area (Å²) < 4.78 is 0. The molecule has 170 valence electrons. The van der Waals surface area contributed by atoms with Crippen LogP contribution in [0.2, 0.25) is 0 Å². The van der Waals surface area contributed by atoms with E-state index in [1.807, 2.05) is 67.6 Å². The number of hydrazine groups is 1. The summed E-state index contributed by atoms with van der Waals surface area (Å²) in [5, 5.41) is 14.7. The minimum atomic E-state index is -0.634. The summed E-state index contributed by atoms with van der Waals surface area (Å²) in [5.74, 6) is -0.865. The highest BCUT2D eigenvalue weighted by Crippen LogP contribution is 2.31. The number of amides is 1. The molecular weight excluding hydrogens is 434 g/mol. The SMILES string of the molecule is Cc1ccnc(Nc2ncnc(NNC(=O)C(c3ccccc3)c3ccccc3)c2[N+](=O)[O-])c1. The van der Waals surface area contributed by atoms with E-state index in [9.17, 15) is 14.9 Å². The van der Waals surface area contributed by atoms with Crippen LogP contribution in [0, 0.1) is 17.0 Å². The van der Waals surface area contributed by atoms with Gasteiger partial charge in [0.25, 0.3) is 0 Å². The Labute approximate surface area is 195 Å². The van der Waals surface area contributed by atoms with Crippen LogP contribution in [-0.4, -0.2) is 25.8 Å². The van der Waals surface area contributed by atoms with Gasteiger partial charge in [-0.15, -0.1) is 0 Å². The molecule has 34 heavy (non-hydrogen) atoms. The second-order valence-corrected chi connectivity index (χ2v) is 7.39. The molecule has 3 N–H and O–H groups in total. The molecule has 0 saturated carbocycles. The Morgan fingerprint density at radius 1 is 0.912 bits per heavy atom. The first kappa shape index (κ1) is 22.3.